The van der Waals surface area contributed by atoms with E-state index in [1.807, 2.05) is 26.0 Å². The van der Waals surface area contributed by atoms with E-state index < -0.39 is 5.97 Å². The molecule has 2 aromatic rings. The van der Waals surface area contributed by atoms with Gasteiger partial charge in [-0.05, 0) is 62.2 Å². The quantitative estimate of drug-likeness (QED) is 0.630. The molecule has 0 heterocycles. The lowest BCUT2D eigenvalue weighted by molar-refractivity contribution is 0.0698. The van der Waals surface area contributed by atoms with Crippen molar-refractivity contribution in [2.45, 2.75) is 20.8 Å². The van der Waals surface area contributed by atoms with E-state index in [4.69, 9.17) is 11.6 Å². The van der Waals surface area contributed by atoms with Crippen molar-refractivity contribution in [1.29, 1.82) is 0 Å². The average molecular weight is 317 g/mol. The molecule has 0 fully saturated rings. The zero-order chi connectivity index (χ0) is 16.3. The van der Waals surface area contributed by atoms with Crippen molar-refractivity contribution in [3.63, 3.8) is 0 Å². The molecule has 0 radical (unpaired) electrons. The molecule has 2 aromatic carbocycles. The molecular formula is C17H17ClN2O2. The normalized spacial score (nSPS) is 11.4. The zero-order valence-electron chi connectivity index (χ0n) is 12.6. The minimum atomic E-state index is -1.03. The van der Waals surface area contributed by atoms with E-state index in [1.54, 1.807) is 6.92 Å². The molecule has 0 unspecified atom stereocenters. The van der Waals surface area contributed by atoms with Crippen molar-refractivity contribution in [3.05, 3.63) is 58.1 Å². The van der Waals surface area contributed by atoms with E-state index in [0.29, 0.717) is 16.5 Å². The Morgan fingerprint density at radius 1 is 1.14 bits per heavy atom. The van der Waals surface area contributed by atoms with Crippen LogP contribution in [0.15, 0.2) is 41.4 Å². The number of nitrogens with zero attached hydrogens (tertiary/aromatic N) is 1. The Morgan fingerprint density at radius 3 is 2.36 bits per heavy atom. The van der Waals surface area contributed by atoms with Crippen molar-refractivity contribution in [3.8, 4) is 0 Å². The topological polar surface area (TPSA) is 61.7 Å². The maximum Gasteiger partial charge on any atom is 0.337 e. The van der Waals surface area contributed by atoms with Crippen LogP contribution in [0.2, 0.25) is 5.02 Å². The highest BCUT2D eigenvalue weighted by molar-refractivity contribution is 6.31. The molecule has 0 spiro atoms. The predicted molar refractivity (Wildman–Crippen MR) is 90.7 cm³/mol. The summed E-state index contributed by atoms with van der Waals surface area (Å²) < 4.78 is 0. The highest BCUT2D eigenvalue weighted by Crippen LogP contribution is 2.24. The summed E-state index contributed by atoms with van der Waals surface area (Å²) in [5.74, 6) is -0.440. The number of halogens is 1. The molecule has 2 N–H and O–H groups in total. The number of aromatic carboxylic acids is 1. The first kappa shape index (κ1) is 16.0. The first-order chi connectivity index (χ1) is 10.3. The van der Waals surface area contributed by atoms with Gasteiger partial charge in [0.15, 0.2) is 0 Å². The van der Waals surface area contributed by atoms with Gasteiger partial charge >= 0.3 is 5.97 Å². The number of carboxylic acid groups (broad SMARTS) is 1. The van der Waals surface area contributed by atoms with Gasteiger partial charge in [0.1, 0.15) is 5.84 Å². The molecule has 0 amide bonds. The van der Waals surface area contributed by atoms with Crippen LogP contribution in [0.4, 0.5) is 11.4 Å². The third kappa shape index (κ3) is 4.09. The fourth-order valence-electron chi connectivity index (χ4n) is 2.24. The molecule has 0 saturated carbocycles. The largest absolute Gasteiger partial charge is 0.478 e. The molecule has 5 heteroatoms. The lowest BCUT2D eigenvalue weighted by Gasteiger charge is -2.09. The Morgan fingerprint density at radius 2 is 1.77 bits per heavy atom. The molecule has 0 aromatic heterocycles. The Kier molecular flexibility index (Phi) is 4.83. The van der Waals surface area contributed by atoms with Crippen molar-refractivity contribution in [2.24, 2.45) is 4.99 Å². The summed E-state index contributed by atoms with van der Waals surface area (Å²) in [6.07, 6.45) is 0. The molecule has 114 valence electrons. The molecule has 0 saturated heterocycles. The van der Waals surface area contributed by atoms with E-state index in [-0.39, 0.29) is 5.56 Å². The number of benzene rings is 2. The number of hydrogen-bond donors (Lipinski definition) is 2. The number of aryl methyl sites for hydroxylation is 2. The van der Waals surface area contributed by atoms with Crippen LogP contribution < -0.4 is 5.32 Å². The molecule has 0 atom stereocenters. The van der Waals surface area contributed by atoms with Gasteiger partial charge in [0.25, 0.3) is 0 Å². The number of nitrogens with one attached hydrogen (secondary N) is 1. The van der Waals surface area contributed by atoms with Crippen LogP contribution in [0.25, 0.3) is 0 Å². The highest BCUT2D eigenvalue weighted by Gasteiger charge is 2.10. The second kappa shape index (κ2) is 6.62. The number of aliphatic imine (C=N–C) groups is 1. The van der Waals surface area contributed by atoms with Gasteiger partial charge in [0.05, 0.1) is 11.3 Å². The van der Waals surface area contributed by atoms with E-state index >= 15 is 0 Å². The first-order valence-electron chi connectivity index (χ1n) is 6.78. The van der Waals surface area contributed by atoms with Crippen LogP contribution in [0.3, 0.4) is 0 Å². The van der Waals surface area contributed by atoms with Gasteiger partial charge in [0, 0.05) is 10.7 Å². The van der Waals surface area contributed by atoms with Crippen molar-refractivity contribution >= 4 is 34.8 Å². The van der Waals surface area contributed by atoms with Gasteiger partial charge in [0.2, 0.25) is 0 Å². The van der Waals surface area contributed by atoms with E-state index in [1.165, 1.54) is 18.2 Å². The third-order valence-corrected chi connectivity index (χ3v) is 3.26. The minimum Gasteiger partial charge on any atom is -0.478 e. The summed E-state index contributed by atoms with van der Waals surface area (Å²) in [5.41, 5.74) is 3.64. The molecule has 0 bridgehead atoms. The Balaban J connectivity index is 2.32. The molecule has 22 heavy (non-hydrogen) atoms. The maximum atomic E-state index is 11.2. The highest BCUT2D eigenvalue weighted by atomic mass is 35.5. The average Bonchev–Trinajstić information content (AvgIpc) is 2.36. The zero-order valence-corrected chi connectivity index (χ0v) is 13.4. The Hall–Kier alpha value is -2.33. The van der Waals surface area contributed by atoms with E-state index in [9.17, 15) is 9.90 Å². The van der Waals surface area contributed by atoms with Gasteiger partial charge in [-0.15, -0.1) is 0 Å². The summed E-state index contributed by atoms with van der Waals surface area (Å²) in [6, 6.07) is 10.6. The van der Waals surface area contributed by atoms with Crippen LogP contribution in [0.1, 0.15) is 28.4 Å². The van der Waals surface area contributed by atoms with Gasteiger partial charge in [-0.2, -0.15) is 0 Å². The second-order valence-electron chi connectivity index (χ2n) is 5.17. The summed E-state index contributed by atoms with van der Waals surface area (Å²) in [5, 5.41) is 12.8. The van der Waals surface area contributed by atoms with Crippen molar-refractivity contribution in [1.82, 2.24) is 0 Å². The van der Waals surface area contributed by atoms with Crippen LogP contribution in [0.5, 0.6) is 0 Å². The summed E-state index contributed by atoms with van der Waals surface area (Å²) in [6.45, 7) is 5.82. The number of hydrogen-bond acceptors (Lipinski definition) is 2. The second-order valence-corrected chi connectivity index (χ2v) is 5.60. The van der Waals surface area contributed by atoms with Crippen LogP contribution >= 0.6 is 11.6 Å². The van der Waals surface area contributed by atoms with E-state index in [0.717, 1.165) is 16.8 Å². The molecule has 2 rings (SSSR count). The lowest BCUT2D eigenvalue weighted by atomic mass is 10.1. The summed E-state index contributed by atoms with van der Waals surface area (Å²) in [4.78, 5) is 15.6. The number of rotatable bonds is 3. The molecular weight excluding hydrogens is 300 g/mol. The smallest absolute Gasteiger partial charge is 0.337 e. The van der Waals surface area contributed by atoms with Gasteiger partial charge in [-0.25, -0.2) is 9.79 Å². The molecule has 0 aliphatic carbocycles. The third-order valence-electron chi connectivity index (χ3n) is 3.03. The van der Waals surface area contributed by atoms with E-state index in [2.05, 4.69) is 16.4 Å². The van der Waals surface area contributed by atoms with Gasteiger partial charge in [-0.1, -0.05) is 17.7 Å². The molecule has 4 nitrogen and oxygen atoms in total. The van der Waals surface area contributed by atoms with Crippen molar-refractivity contribution in [2.75, 3.05) is 5.32 Å². The van der Waals surface area contributed by atoms with Crippen LogP contribution in [-0.4, -0.2) is 16.9 Å². The van der Waals surface area contributed by atoms with Gasteiger partial charge < -0.3 is 10.4 Å². The molecule has 0 aliphatic heterocycles. The Labute approximate surface area is 134 Å². The number of amidine groups is 1. The summed E-state index contributed by atoms with van der Waals surface area (Å²) in [7, 11) is 0. The number of carbonyl (C=O) groups is 1. The number of anilines is 1. The minimum absolute atomic E-state index is 0.117. The fraction of sp³-hybridized carbons (Fsp3) is 0.176. The van der Waals surface area contributed by atoms with Crippen LogP contribution in [0, 0.1) is 13.8 Å². The Bertz CT molecular complexity index is 734. The predicted octanol–water partition coefficient (Wildman–Crippen LogP) is 4.82. The van der Waals surface area contributed by atoms with Crippen LogP contribution in [-0.2, 0) is 0 Å². The standard InChI is InChI=1S/C17H17ClN2O2/c1-10-6-11(2)8-14(7-10)19-12(3)20-16-9-13(18)4-5-15(16)17(21)22/h4-9H,1-3H3,(H,19,20)(H,21,22). The number of carboxylic acids is 1. The van der Waals surface area contributed by atoms with Crippen molar-refractivity contribution < 1.29 is 9.90 Å². The van der Waals surface area contributed by atoms with Gasteiger partial charge in [-0.3, -0.25) is 0 Å². The monoisotopic (exact) mass is 316 g/mol. The SMILES string of the molecule is CC(=Nc1cc(Cl)ccc1C(=O)O)Nc1cc(C)cc(C)c1. The fourth-order valence-corrected chi connectivity index (χ4v) is 2.41. The summed E-state index contributed by atoms with van der Waals surface area (Å²) >= 11 is 5.92. The lowest BCUT2D eigenvalue weighted by Crippen LogP contribution is -2.08. The first-order valence-corrected chi connectivity index (χ1v) is 7.16. The maximum absolute atomic E-state index is 11.2. The molecule has 0 aliphatic rings.